The molecule has 0 spiro atoms. The number of amides is 1. The van der Waals surface area contributed by atoms with E-state index >= 15 is 0 Å². The number of nitrogens with one attached hydrogen (secondary N) is 1. The van der Waals surface area contributed by atoms with Crippen molar-refractivity contribution in [2.75, 3.05) is 0 Å². The monoisotopic (exact) mass is 347 g/mol. The van der Waals surface area contributed by atoms with Gasteiger partial charge in [-0.1, -0.05) is 24.3 Å². The summed E-state index contributed by atoms with van der Waals surface area (Å²) in [5.41, 5.74) is 3.56. The van der Waals surface area contributed by atoms with Crippen LogP contribution in [0.2, 0.25) is 0 Å². The van der Waals surface area contributed by atoms with Gasteiger partial charge >= 0.3 is 0 Å². The van der Waals surface area contributed by atoms with Crippen LogP contribution in [0, 0.1) is 5.95 Å². The zero-order chi connectivity index (χ0) is 18.4. The summed E-state index contributed by atoms with van der Waals surface area (Å²) in [6.07, 6.45) is 8.07. The molecule has 1 unspecified atom stereocenters. The Bertz CT molecular complexity index is 908. The number of aromatic nitrogens is 2. The molecule has 0 fully saturated rings. The molecule has 5 heteroatoms. The Morgan fingerprint density at radius 3 is 2.73 bits per heavy atom. The van der Waals surface area contributed by atoms with E-state index in [0.717, 1.165) is 22.3 Å². The van der Waals surface area contributed by atoms with Gasteiger partial charge in [0, 0.05) is 30.2 Å². The highest BCUT2D eigenvalue weighted by Crippen LogP contribution is 2.22. The van der Waals surface area contributed by atoms with E-state index in [2.05, 4.69) is 15.3 Å². The van der Waals surface area contributed by atoms with Crippen LogP contribution in [0.3, 0.4) is 0 Å². The maximum Gasteiger partial charge on any atom is 0.244 e. The lowest BCUT2D eigenvalue weighted by atomic mass is 10.0. The van der Waals surface area contributed by atoms with E-state index < -0.39 is 5.95 Å². The van der Waals surface area contributed by atoms with Crippen LogP contribution in [0.5, 0.6) is 0 Å². The Morgan fingerprint density at radius 2 is 2.00 bits per heavy atom. The minimum absolute atomic E-state index is 0.172. The zero-order valence-corrected chi connectivity index (χ0v) is 14.3. The van der Waals surface area contributed by atoms with Crippen molar-refractivity contribution in [3.8, 4) is 11.1 Å². The van der Waals surface area contributed by atoms with Crippen LogP contribution in [-0.4, -0.2) is 15.9 Å². The largest absolute Gasteiger partial charge is 0.346 e. The molecule has 1 amide bonds. The van der Waals surface area contributed by atoms with Gasteiger partial charge in [-0.3, -0.25) is 9.78 Å². The molecular weight excluding hydrogens is 329 g/mol. The summed E-state index contributed by atoms with van der Waals surface area (Å²) in [6, 6.07) is 14.3. The predicted molar refractivity (Wildman–Crippen MR) is 99.5 cm³/mol. The first kappa shape index (κ1) is 17.5. The molecule has 4 nitrogen and oxygen atoms in total. The number of halogens is 1. The number of nitrogens with zero attached hydrogens (tertiary/aromatic N) is 2. The average molecular weight is 347 g/mol. The fourth-order valence-electron chi connectivity index (χ4n) is 2.53. The lowest BCUT2D eigenvalue weighted by Crippen LogP contribution is -2.24. The third kappa shape index (κ3) is 4.60. The third-order valence-corrected chi connectivity index (χ3v) is 3.92. The normalized spacial score (nSPS) is 12.1. The van der Waals surface area contributed by atoms with Gasteiger partial charge in [0.05, 0.1) is 6.04 Å². The molecule has 0 radical (unpaired) electrons. The molecule has 1 atom stereocenters. The lowest BCUT2D eigenvalue weighted by Gasteiger charge is -2.14. The van der Waals surface area contributed by atoms with E-state index in [1.807, 2.05) is 43.3 Å². The molecule has 0 aliphatic rings. The highest BCUT2D eigenvalue weighted by Gasteiger charge is 2.09. The number of carbonyl (C=O) groups excluding carboxylic acids is 1. The second-order valence-electron chi connectivity index (χ2n) is 5.85. The lowest BCUT2D eigenvalue weighted by molar-refractivity contribution is -0.117. The number of hydrogen-bond donors (Lipinski definition) is 1. The average Bonchev–Trinajstić information content (AvgIpc) is 2.68. The van der Waals surface area contributed by atoms with Crippen LogP contribution < -0.4 is 5.32 Å². The summed E-state index contributed by atoms with van der Waals surface area (Å²) in [5.74, 6) is -0.693. The van der Waals surface area contributed by atoms with Gasteiger partial charge in [0.1, 0.15) is 0 Å². The van der Waals surface area contributed by atoms with E-state index in [-0.39, 0.29) is 11.9 Å². The third-order valence-electron chi connectivity index (χ3n) is 3.92. The number of pyridine rings is 2. The van der Waals surface area contributed by atoms with Crippen molar-refractivity contribution in [2.24, 2.45) is 0 Å². The molecule has 26 heavy (non-hydrogen) atoms. The maximum absolute atomic E-state index is 13.0. The topological polar surface area (TPSA) is 54.9 Å². The molecule has 130 valence electrons. The highest BCUT2D eigenvalue weighted by atomic mass is 19.1. The molecule has 0 bridgehead atoms. The minimum atomic E-state index is -0.508. The van der Waals surface area contributed by atoms with Gasteiger partial charge in [0.15, 0.2) is 0 Å². The maximum atomic E-state index is 13.0. The van der Waals surface area contributed by atoms with Crippen LogP contribution in [0.4, 0.5) is 4.39 Å². The first-order chi connectivity index (χ1) is 12.6. The van der Waals surface area contributed by atoms with Crippen molar-refractivity contribution in [3.63, 3.8) is 0 Å². The van der Waals surface area contributed by atoms with Gasteiger partial charge in [-0.15, -0.1) is 0 Å². The highest BCUT2D eigenvalue weighted by molar-refractivity contribution is 5.91. The molecule has 3 rings (SSSR count). The van der Waals surface area contributed by atoms with Crippen molar-refractivity contribution in [2.45, 2.75) is 13.0 Å². The fraction of sp³-hybridized carbons (Fsp3) is 0.0952. The molecule has 3 aromatic rings. The smallest absolute Gasteiger partial charge is 0.244 e. The second kappa shape index (κ2) is 8.16. The zero-order valence-electron chi connectivity index (χ0n) is 14.3. The van der Waals surface area contributed by atoms with E-state index in [4.69, 9.17) is 0 Å². The molecular formula is C21H18FN3O. The summed E-state index contributed by atoms with van der Waals surface area (Å²) in [7, 11) is 0. The molecule has 1 N–H and O–H groups in total. The van der Waals surface area contributed by atoms with Crippen LogP contribution in [0.25, 0.3) is 17.2 Å². The second-order valence-corrected chi connectivity index (χ2v) is 5.85. The van der Waals surface area contributed by atoms with Crippen molar-refractivity contribution in [1.82, 2.24) is 15.3 Å². The van der Waals surface area contributed by atoms with Gasteiger partial charge in [0.2, 0.25) is 11.9 Å². The van der Waals surface area contributed by atoms with Crippen LogP contribution in [0.1, 0.15) is 24.1 Å². The van der Waals surface area contributed by atoms with Crippen molar-refractivity contribution in [3.05, 3.63) is 90.3 Å². The van der Waals surface area contributed by atoms with E-state index in [0.29, 0.717) is 0 Å². The van der Waals surface area contributed by atoms with Crippen LogP contribution in [-0.2, 0) is 4.79 Å². The molecule has 2 aromatic heterocycles. The first-order valence-corrected chi connectivity index (χ1v) is 8.22. The Hall–Kier alpha value is -3.34. The Kier molecular flexibility index (Phi) is 5.49. The Morgan fingerprint density at radius 1 is 1.12 bits per heavy atom. The van der Waals surface area contributed by atoms with Gasteiger partial charge < -0.3 is 5.32 Å². The number of benzene rings is 1. The van der Waals surface area contributed by atoms with Gasteiger partial charge in [-0.2, -0.15) is 4.39 Å². The van der Waals surface area contributed by atoms with Crippen molar-refractivity contribution in [1.29, 1.82) is 0 Å². The van der Waals surface area contributed by atoms with E-state index in [1.54, 1.807) is 24.5 Å². The number of carbonyl (C=O) groups is 1. The van der Waals surface area contributed by atoms with Gasteiger partial charge in [0.25, 0.3) is 0 Å². The Balaban J connectivity index is 1.69. The quantitative estimate of drug-likeness (QED) is 0.557. The van der Waals surface area contributed by atoms with Crippen LogP contribution in [0.15, 0.2) is 73.2 Å². The standard InChI is InChI=1S/C21H18FN3O/c1-15(25-21(26)10-7-16-4-3-11-23-13-16)17-5-2-6-18(12-17)19-8-9-20(22)24-14-19/h2-15H,1H3,(H,25,26). The molecule has 0 saturated heterocycles. The molecule has 0 saturated carbocycles. The molecule has 0 aliphatic heterocycles. The predicted octanol–water partition coefficient (Wildman–Crippen LogP) is 4.17. The van der Waals surface area contributed by atoms with E-state index in [9.17, 15) is 9.18 Å². The molecule has 2 heterocycles. The Labute approximate surface area is 151 Å². The summed E-state index contributed by atoms with van der Waals surface area (Å²) in [6.45, 7) is 1.91. The summed E-state index contributed by atoms with van der Waals surface area (Å²) in [4.78, 5) is 19.8. The number of hydrogen-bond acceptors (Lipinski definition) is 3. The molecule has 0 aliphatic carbocycles. The van der Waals surface area contributed by atoms with Crippen molar-refractivity contribution >= 4 is 12.0 Å². The van der Waals surface area contributed by atoms with Gasteiger partial charge in [-0.25, -0.2) is 4.98 Å². The SMILES string of the molecule is CC(NC(=O)C=Cc1cccnc1)c1cccc(-c2ccc(F)nc2)c1. The summed E-state index contributed by atoms with van der Waals surface area (Å²) >= 11 is 0. The summed E-state index contributed by atoms with van der Waals surface area (Å²) < 4.78 is 13.0. The number of rotatable bonds is 5. The summed E-state index contributed by atoms with van der Waals surface area (Å²) in [5, 5.41) is 2.93. The fourth-order valence-corrected chi connectivity index (χ4v) is 2.53. The van der Waals surface area contributed by atoms with E-state index in [1.165, 1.54) is 18.3 Å². The van der Waals surface area contributed by atoms with Crippen LogP contribution >= 0.6 is 0 Å². The first-order valence-electron chi connectivity index (χ1n) is 8.22. The van der Waals surface area contributed by atoms with Gasteiger partial charge in [-0.05, 0) is 54.0 Å². The minimum Gasteiger partial charge on any atom is -0.346 e. The van der Waals surface area contributed by atoms with Crippen molar-refractivity contribution < 1.29 is 9.18 Å². The molecule has 1 aromatic carbocycles.